The molecule has 1 aliphatic heterocycles. The van der Waals surface area contributed by atoms with Crippen molar-refractivity contribution < 1.29 is 9.53 Å². The summed E-state index contributed by atoms with van der Waals surface area (Å²) in [6.07, 6.45) is 0.860. The van der Waals surface area contributed by atoms with Gasteiger partial charge in [0.1, 0.15) is 6.29 Å². The lowest BCUT2D eigenvalue weighted by Gasteiger charge is -2.21. The second-order valence-corrected chi connectivity index (χ2v) is 5.39. The van der Waals surface area contributed by atoms with Gasteiger partial charge < -0.3 is 9.64 Å². The minimum Gasteiger partial charge on any atom is -0.379 e. The molecule has 1 fully saturated rings. The van der Waals surface area contributed by atoms with Crippen molar-refractivity contribution in [3.05, 3.63) is 41.1 Å². The molecule has 0 radical (unpaired) electrons. The predicted octanol–water partition coefficient (Wildman–Crippen LogP) is 2.61. The van der Waals surface area contributed by atoms with Gasteiger partial charge in [-0.05, 0) is 50.7 Å². The highest BCUT2D eigenvalue weighted by Gasteiger charge is 2.02. The zero-order valence-corrected chi connectivity index (χ0v) is 12.9. The minimum atomic E-state index is 0.700. The first kappa shape index (κ1) is 15.6. The zero-order valence-electron chi connectivity index (χ0n) is 12.9. The third kappa shape index (κ3) is 4.34. The van der Waals surface area contributed by atoms with Crippen LogP contribution in [0.2, 0.25) is 0 Å². The first-order valence-corrected chi connectivity index (χ1v) is 7.19. The number of rotatable bonds is 1. The van der Waals surface area contributed by atoms with Crippen LogP contribution in [0.3, 0.4) is 0 Å². The Hall–Kier alpha value is -1.78. The Balaban J connectivity index is 0.000000194. The third-order valence-corrected chi connectivity index (χ3v) is 3.54. The van der Waals surface area contributed by atoms with Gasteiger partial charge in [-0.1, -0.05) is 0 Å². The molecule has 0 aliphatic carbocycles. The van der Waals surface area contributed by atoms with Gasteiger partial charge in [-0.25, -0.2) is 0 Å². The molecule has 1 aromatic carbocycles. The summed E-state index contributed by atoms with van der Waals surface area (Å²) in [4.78, 5) is 17.3. The molecule has 3 rings (SSSR count). The molecule has 1 aromatic heterocycles. The Morgan fingerprint density at radius 2 is 1.90 bits per heavy atom. The van der Waals surface area contributed by atoms with Crippen LogP contribution < -0.4 is 0 Å². The normalized spacial score (nSPS) is 15.4. The van der Waals surface area contributed by atoms with E-state index >= 15 is 0 Å². The van der Waals surface area contributed by atoms with Crippen molar-refractivity contribution in [2.75, 3.05) is 33.4 Å². The maximum absolute atomic E-state index is 10.6. The summed E-state index contributed by atoms with van der Waals surface area (Å²) in [7, 11) is 2.11. The minimum absolute atomic E-state index is 0.700. The SMILES string of the molecule is CN1CCOCC1.Cc1cc(C)c2cc(C=O)ccc2n1. The van der Waals surface area contributed by atoms with Crippen LogP contribution in [0.15, 0.2) is 24.3 Å². The van der Waals surface area contributed by atoms with Crippen molar-refractivity contribution in [1.82, 2.24) is 9.88 Å². The van der Waals surface area contributed by atoms with Gasteiger partial charge in [0.25, 0.3) is 0 Å². The number of aryl methyl sites for hydroxylation is 2. The van der Waals surface area contributed by atoms with Crippen LogP contribution in [-0.4, -0.2) is 49.5 Å². The van der Waals surface area contributed by atoms with Crippen LogP contribution in [0.1, 0.15) is 21.6 Å². The third-order valence-electron chi connectivity index (χ3n) is 3.54. The molecule has 0 N–H and O–H groups in total. The standard InChI is InChI=1S/C12H11NO.C5H11NO/c1-8-5-9(2)13-12-4-3-10(7-14)6-11(8)12;1-6-2-4-7-5-3-6/h3-7H,1-2H3;2-5H2,1H3. The number of carbonyl (C=O) groups excluding carboxylic acids is 1. The Bertz CT molecular complexity index is 619. The molecule has 0 atom stereocenters. The zero-order chi connectivity index (χ0) is 15.2. The maximum atomic E-state index is 10.6. The van der Waals surface area contributed by atoms with Crippen LogP contribution in [0, 0.1) is 13.8 Å². The number of hydrogen-bond acceptors (Lipinski definition) is 4. The molecule has 4 heteroatoms. The number of fused-ring (bicyclic) bond motifs is 1. The quantitative estimate of drug-likeness (QED) is 0.756. The molecule has 0 bridgehead atoms. The van der Waals surface area contributed by atoms with Crippen molar-refractivity contribution in [1.29, 1.82) is 0 Å². The fourth-order valence-corrected chi connectivity index (χ4v) is 2.31. The molecule has 0 saturated carbocycles. The molecule has 0 spiro atoms. The van der Waals surface area contributed by atoms with Gasteiger partial charge in [0, 0.05) is 29.7 Å². The van der Waals surface area contributed by atoms with E-state index in [9.17, 15) is 4.79 Å². The van der Waals surface area contributed by atoms with Gasteiger partial charge in [-0.15, -0.1) is 0 Å². The lowest BCUT2D eigenvalue weighted by molar-refractivity contribution is 0.0503. The smallest absolute Gasteiger partial charge is 0.150 e. The summed E-state index contributed by atoms with van der Waals surface area (Å²) in [6.45, 7) is 8.03. The highest BCUT2D eigenvalue weighted by Crippen LogP contribution is 2.18. The topological polar surface area (TPSA) is 42.4 Å². The summed E-state index contributed by atoms with van der Waals surface area (Å²) in [5.41, 5.74) is 3.82. The molecule has 2 heterocycles. The Kier molecular flexibility index (Phi) is 5.42. The molecule has 0 unspecified atom stereocenters. The molecule has 1 aliphatic rings. The van der Waals surface area contributed by atoms with Crippen LogP contribution in [0.5, 0.6) is 0 Å². The molecule has 21 heavy (non-hydrogen) atoms. The van der Waals surface area contributed by atoms with Gasteiger partial charge in [-0.2, -0.15) is 0 Å². The molecular formula is C17H22N2O2. The fraction of sp³-hybridized carbons (Fsp3) is 0.412. The Morgan fingerprint density at radius 3 is 2.48 bits per heavy atom. The maximum Gasteiger partial charge on any atom is 0.150 e. The number of benzene rings is 1. The van der Waals surface area contributed by atoms with E-state index in [2.05, 4.69) is 16.9 Å². The Morgan fingerprint density at radius 1 is 1.19 bits per heavy atom. The van der Waals surface area contributed by atoms with Gasteiger partial charge >= 0.3 is 0 Å². The lowest BCUT2D eigenvalue weighted by atomic mass is 10.1. The molecule has 2 aromatic rings. The average Bonchev–Trinajstić information content (AvgIpc) is 2.48. The first-order chi connectivity index (χ1) is 10.1. The number of carbonyl (C=O) groups is 1. The Labute approximate surface area is 125 Å². The average molecular weight is 286 g/mol. The molecule has 112 valence electrons. The number of nitrogens with zero attached hydrogens (tertiary/aromatic N) is 2. The van der Waals surface area contributed by atoms with E-state index in [4.69, 9.17) is 4.74 Å². The van der Waals surface area contributed by atoms with Gasteiger partial charge in [0.05, 0.1) is 18.7 Å². The van der Waals surface area contributed by atoms with E-state index in [0.29, 0.717) is 5.56 Å². The van der Waals surface area contributed by atoms with Crippen molar-refractivity contribution in [3.8, 4) is 0 Å². The van der Waals surface area contributed by atoms with Crippen molar-refractivity contribution >= 4 is 17.2 Å². The van der Waals surface area contributed by atoms with E-state index < -0.39 is 0 Å². The van der Waals surface area contributed by atoms with E-state index in [1.807, 2.05) is 32.0 Å². The van der Waals surface area contributed by atoms with Crippen LogP contribution >= 0.6 is 0 Å². The molecular weight excluding hydrogens is 264 g/mol. The summed E-state index contributed by atoms with van der Waals surface area (Å²) in [5, 5.41) is 1.06. The van der Waals surface area contributed by atoms with Crippen LogP contribution in [0.25, 0.3) is 10.9 Å². The summed E-state index contributed by atoms with van der Waals surface area (Å²) < 4.78 is 5.10. The lowest BCUT2D eigenvalue weighted by Crippen LogP contribution is -2.32. The number of aromatic nitrogens is 1. The molecule has 1 saturated heterocycles. The number of hydrogen-bond donors (Lipinski definition) is 0. The second-order valence-electron chi connectivity index (χ2n) is 5.39. The number of morpholine rings is 1. The van der Waals surface area contributed by atoms with E-state index in [0.717, 1.165) is 54.7 Å². The number of pyridine rings is 1. The molecule has 0 amide bonds. The number of likely N-dealkylation sites (N-methyl/N-ethyl adjacent to an activating group) is 1. The van der Waals surface area contributed by atoms with E-state index in [1.165, 1.54) is 0 Å². The van der Waals surface area contributed by atoms with Gasteiger partial charge in [0.15, 0.2) is 0 Å². The highest BCUT2D eigenvalue weighted by atomic mass is 16.5. The van der Waals surface area contributed by atoms with Crippen LogP contribution in [-0.2, 0) is 4.74 Å². The predicted molar refractivity (Wildman–Crippen MR) is 84.9 cm³/mol. The van der Waals surface area contributed by atoms with E-state index in [-0.39, 0.29) is 0 Å². The van der Waals surface area contributed by atoms with Gasteiger partial charge in [0.2, 0.25) is 0 Å². The van der Waals surface area contributed by atoms with Crippen LogP contribution in [0.4, 0.5) is 0 Å². The second kappa shape index (κ2) is 7.29. The molecule has 4 nitrogen and oxygen atoms in total. The van der Waals surface area contributed by atoms with Crippen molar-refractivity contribution in [2.45, 2.75) is 13.8 Å². The van der Waals surface area contributed by atoms with Crippen molar-refractivity contribution in [2.24, 2.45) is 0 Å². The van der Waals surface area contributed by atoms with Gasteiger partial charge in [-0.3, -0.25) is 9.78 Å². The summed E-state index contributed by atoms with van der Waals surface area (Å²) in [5.74, 6) is 0. The fourth-order valence-electron chi connectivity index (χ4n) is 2.31. The largest absolute Gasteiger partial charge is 0.379 e. The van der Waals surface area contributed by atoms with E-state index in [1.54, 1.807) is 6.07 Å². The highest BCUT2D eigenvalue weighted by molar-refractivity contribution is 5.88. The van der Waals surface area contributed by atoms with Crippen molar-refractivity contribution in [3.63, 3.8) is 0 Å². The summed E-state index contributed by atoms with van der Waals surface area (Å²) >= 11 is 0. The summed E-state index contributed by atoms with van der Waals surface area (Å²) in [6, 6.07) is 7.58. The monoisotopic (exact) mass is 286 g/mol. The first-order valence-electron chi connectivity index (χ1n) is 7.19. The number of aldehydes is 1. The number of ether oxygens (including phenoxy) is 1.